The molecule has 0 saturated carbocycles. The van der Waals surface area contributed by atoms with Crippen LogP contribution in [0.5, 0.6) is 5.75 Å². The fourth-order valence-electron chi connectivity index (χ4n) is 1.90. The molecule has 2 aromatic rings. The zero-order chi connectivity index (χ0) is 15.9. The van der Waals surface area contributed by atoms with Gasteiger partial charge in [-0.3, -0.25) is 9.59 Å². The van der Waals surface area contributed by atoms with E-state index in [2.05, 4.69) is 5.32 Å². The number of aliphatic hydroxyl groups excluding tert-OH is 1. The highest BCUT2D eigenvalue weighted by molar-refractivity contribution is 5.94. The van der Waals surface area contributed by atoms with E-state index in [1.165, 1.54) is 6.92 Å². The summed E-state index contributed by atoms with van der Waals surface area (Å²) in [5, 5.41) is 11.7. The third-order valence-electron chi connectivity index (χ3n) is 3.00. The lowest BCUT2D eigenvalue weighted by Crippen LogP contribution is -2.20. The Balaban J connectivity index is 1.92. The zero-order valence-corrected chi connectivity index (χ0v) is 12.2. The first kappa shape index (κ1) is 15.7. The van der Waals surface area contributed by atoms with Gasteiger partial charge in [-0.1, -0.05) is 24.3 Å². The van der Waals surface area contributed by atoms with Crippen LogP contribution in [-0.2, 0) is 11.4 Å². The summed E-state index contributed by atoms with van der Waals surface area (Å²) in [5.41, 5.74) is 1.85. The van der Waals surface area contributed by atoms with E-state index in [1.54, 1.807) is 48.5 Å². The fourth-order valence-corrected chi connectivity index (χ4v) is 1.90. The average molecular weight is 299 g/mol. The molecule has 0 spiro atoms. The summed E-state index contributed by atoms with van der Waals surface area (Å²) in [4.78, 5) is 23.1. The summed E-state index contributed by atoms with van der Waals surface area (Å²) in [6.07, 6.45) is 0. The molecule has 0 fully saturated rings. The Morgan fingerprint density at radius 3 is 2.64 bits per heavy atom. The number of Topliss-reactive ketones (excluding diaryl/α,β-unsaturated/α-hetero) is 1. The van der Waals surface area contributed by atoms with E-state index in [9.17, 15) is 9.59 Å². The van der Waals surface area contributed by atoms with Gasteiger partial charge < -0.3 is 15.2 Å². The summed E-state index contributed by atoms with van der Waals surface area (Å²) >= 11 is 0. The van der Waals surface area contributed by atoms with E-state index in [0.29, 0.717) is 22.6 Å². The van der Waals surface area contributed by atoms with Crippen LogP contribution in [0.25, 0.3) is 0 Å². The summed E-state index contributed by atoms with van der Waals surface area (Å²) in [5.74, 6) is 0.0889. The fraction of sp³-hybridized carbons (Fsp3) is 0.176. The smallest absolute Gasteiger partial charge is 0.262 e. The molecule has 0 saturated heterocycles. The number of hydrogen-bond acceptors (Lipinski definition) is 4. The van der Waals surface area contributed by atoms with Crippen molar-refractivity contribution in [3.8, 4) is 5.75 Å². The zero-order valence-electron chi connectivity index (χ0n) is 12.2. The van der Waals surface area contributed by atoms with Crippen molar-refractivity contribution in [3.63, 3.8) is 0 Å². The molecule has 5 heteroatoms. The van der Waals surface area contributed by atoms with E-state index >= 15 is 0 Å². The second-order valence-electron chi connectivity index (χ2n) is 4.78. The number of nitrogens with one attached hydrogen (secondary N) is 1. The predicted molar refractivity (Wildman–Crippen MR) is 82.9 cm³/mol. The molecule has 1 amide bonds. The van der Waals surface area contributed by atoms with E-state index in [0.717, 1.165) is 0 Å². The number of carbonyl (C=O) groups excluding carboxylic acids is 2. The van der Waals surface area contributed by atoms with Gasteiger partial charge in [0.1, 0.15) is 5.75 Å². The van der Waals surface area contributed by atoms with Gasteiger partial charge in [-0.05, 0) is 36.8 Å². The lowest BCUT2D eigenvalue weighted by molar-refractivity contribution is -0.118. The molecule has 0 heterocycles. The Hall–Kier alpha value is -2.66. The minimum absolute atomic E-state index is 0.0595. The van der Waals surface area contributed by atoms with Crippen LogP contribution in [0, 0.1) is 0 Å². The molecule has 0 unspecified atom stereocenters. The van der Waals surface area contributed by atoms with Crippen molar-refractivity contribution in [2.24, 2.45) is 0 Å². The minimum atomic E-state index is -0.316. The number of carbonyl (C=O) groups is 2. The number of aliphatic hydroxyl groups is 1. The molecule has 2 aromatic carbocycles. The molecule has 0 aliphatic heterocycles. The third kappa shape index (κ3) is 4.43. The van der Waals surface area contributed by atoms with Gasteiger partial charge in [-0.2, -0.15) is 0 Å². The lowest BCUT2D eigenvalue weighted by Gasteiger charge is -2.09. The number of ketones is 1. The topological polar surface area (TPSA) is 75.6 Å². The van der Waals surface area contributed by atoms with Crippen LogP contribution in [0.2, 0.25) is 0 Å². The largest absolute Gasteiger partial charge is 0.484 e. The second-order valence-corrected chi connectivity index (χ2v) is 4.78. The minimum Gasteiger partial charge on any atom is -0.484 e. The molecule has 2 N–H and O–H groups in total. The normalized spacial score (nSPS) is 10.1. The SMILES string of the molecule is CC(=O)c1cccc(OCC(=O)Nc2cccc(CO)c2)c1. The van der Waals surface area contributed by atoms with Crippen molar-refractivity contribution >= 4 is 17.4 Å². The van der Waals surface area contributed by atoms with Crippen molar-refractivity contribution in [2.45, 2.75) is 13.5 Å². The monoisotopic (exact) mass is 299 g/mol. The van der Waals surface area contributed by atoms with Crippen molar-refractivity contribution in [2.75, 3.05) is 11.9 Å². The van der Waals surface area contributed by atoms with Crippen molar-refractivity contribution in [1.82, 2.24) is 0 Å². The molecular formula is C17H17NO4. The van der Waals surface area contributed by atoms with Gasteiger partial charge in [0.2, 0.25) is 0 Å². The molecule has 0 aliphatic carbocycles. The highest BCUT2D eigenvalue weighted by Gasteiger charge is 2.06. The van der Waals surface area contributed by atoms with Crippen LogP contribution in [-0.4, -0.2) is 23.4 Å². The third-order valence-corrected chi connectivity index (χ3v) is 3.00. The first-order chi connectivity index (χ1) is 10.6. The molecule has 0 aromatic heterocycles. The maximum atomic E-state index is 11.8. The summed E-state index contributed by atoms with van der Waals surface area (Å²) < 4.78 is 5.37. The van der Waals surface area contributed by atoms with E-state index < -0.39 is 0 Å². The summed E-state index contributed by atoms with van der Waals surface area (Å²) in [6, 6.07) is 13.6. The molecule has 0 atom stereocenters. The molecule has 0 bridgehead atoms. The van der Waals surface area contributed by atoms with E-state index in [4.69, 9.17) is 9.84 Å². The van der Waals surface area contributed by atoms with Crippen molar-refractivity contribution < 1.29 is 19.4 Å². The first-order valence-corrected chi connectivity index (χ1v) is 6.82. The van der Waals surface area contributed by atoms with Crippen LogP contribution >= 0.6 is 0 Å². The van der Waals surface area contributed by atoms with Crippen LogP contribution in [0.1, 0.15) is 22.8 Å². The van der Waals surface area contributed by atoms with Crippen LogP contribution < -0.4 is 10.1 Å². The maximum absolute atomic E-state index is 11.8. The number of ether oxygens (including phenoxy) is 1. The Morgan fingerprint density at radius 1 is 1.14 bits per heavy atom. The van der Waals surface area contributed by atoms with Gasteiger partial charge in [0.05, 0.1) is 6.61 Å². The Kier molecular flexibility index (Phi) is 5.27. The highest BCUT2D eigenvalue weighted by Crippen LogP contribution is 2.14. The quantitative estimate of drug-likeness (QED) is 0.803. The highest BCUT2D eigenvalue weighted by atomic mass is 16.5. The van der Waals surface area contributed by atoms with Gasteiger partial charge in [-0.25, -0.2) is 0 Å². The van der Waals surface area contributed by atoms with Gasteiger partial charge in [0.25, 0.3) is 5.91 Å². The van der Waals surface area contributed by atoms with Gasteiger partial charge in [0, 0.05) is 11.3 Å². The average Bonchev–Trinajstić information content (AvgIpc) is 2.53. The lowest BCUT2D eigenvalue weighted by atomic mass is 10.1. The van der Waals surface area contributed by atoms with E-state index in [1.807, 2.05) is 0 Å². The van der Waals surface area contributed by atoms with Crippen molar-refractivity contribution in [3.05, 3.63) is 59.7 Å². The number of hydrogen-bond donors (Lipinski definition) is 2. The Labute approximate surface area is 128 Å². The predicted octanol–water partition coefficient (Wildman–Crippen LogP) is 2.40. The molecule has 0 aliphatic rings. The molecule has 22 heavy (non-hydrogen) atoms. The standard InChI is InChI=1S/C17H17NO4/c1-12(20)14-5-3-7-16(9-14)22-11-17(21)18-15-6-2-4-13(8-15)10-19/h2-9,19H,10-11H2,1H3,(H,18,21). The van der Waals surface area contributed by atoms with Crippen LogP contribution in [0.15, 0.2) is 48.5 Å². The van der Waals surface area contributed by atoms with Crippen LogP contribution in [0.4, 0.5) is 5.69 Å². The van der Waals surface area contributed by atoms with E-state index in [-0.39, 0.29) is 24.9 Å². The second kappa shape index (κ2) is 7.38. The maximum Gasteiger partial charge on any atom is 0.262 e. The van der Waals surface area contributed by atoms with Crippen LogP contribution in [0.3, 0.4) is 0 Å². The first-order valence-electron chi connectivity index (χ1n) is 6.82. The molecule has 5 nitrogen and oxygen atoms in total. The Morgan fingerprint density at radius 2 is 1.91 bits per heavy atom. The molecule has 2 rings (SSSR count). The van der Waals surface area contributed by atoms with Crippen molar-refractivity contribution in [1.29, 1.82) is 0 Å². The van der Waals surface area contributed by atoms with Gasteiger partial charge in [-0.15, -0.1) is 0 Å². The number of rotatable bonds is 6. The number of amides is 1. The summed E-state index contributed by atoms with van der Waals surface area (Å²) in [6.45, 7) is 1.22. The number of benzene rings is 2. The van der Waals surface area contributed by atoms with Gasteiger partial charge >= 0.3 is 0 Å². The molecule has 0 radical (unpaired) electrons. The Bertz CT molecular complexity index is 682. The molecular weight excluding hydrogens is 282 g/mol. The van der Waals surface area contributed by atoms with Gasteiger partial charge in [0.15, 0.2) is 12.4 Å². The summed E-state index contributed by atoms with van der Waals surface area (Å²) in [7, 11) is 0. The number of anilines is 1. The molecule has 114 valence electrons.